The molecule has 96 valence electrons. The quantitative estimate of drug-likeness (QED) is 0.723. The normalized spacial score (nSPS) is 23.6. The molecule has 0 aromatic carbocycles. The molecule has 0 aliphatic carbocycles. The molecule has 0 amide bonds. The zero-order valence-corrected chi connectivity index (χ0v) is 10.9. The molecular formula is C13H28N2O. The lowest BCUT2D eigenvalue weighted by molar-refractivity contribution is 0.133. The zero-order chi connectivity index (χ0) is 12.0. The van der Waals surface area contributed by atoms with Crippen molar-refractivity contribution < 1.29 is 5.11 Å². The summed E-state index contributed by atoms with van der Waals surface area (Å²) < 4.78 is 0. The molecule has 1 aliphatic rings. The molecule has 0 bridgehead atoms. The molecule has 1 fully saturated rings. The topological polar surface area (TPSA) is 49.5 Å². The summed E-state index contributed by atoms with van der Waals surface area (Å²) >= 11 is 0. The molecule has 1 aliphatic heterocycles. The highest BCUT2D eigenvalue weighted by Gasteiger charge is 2.22. The molecule has 0 aromatic rings. The Kier molecular flexibility index (Phi) is 5.73. The molecule has 1 saturated heterocycles. The van der Waals surface area contributed by atoms with Gasteiger partial charge in [0.05, 0.1) is 0 Å². The molecule has 3 heteroatoms. The molecule has 0 radical (unpaired) electrons. The predicted molar refractivity (Wildman–Crippen MR) is 68.3 cm³/mol. The van der Waals surface area contributed by atoms with Crippen LogP contribution in [0.5, 0.6) is 0 Å². The smallest absolute Gasteiger partial charge is 0.0434 e. The molecule has 0 aromatic heterocycles. The zero-order valence-electron chi connectivity index (χ0n) is 10.9. The van der Waals surface area contributed by atoms with Crippen molar-refractivity contribution in [3.8, 4) is 0 Å². The van der Waals surface area contributed by atoms with Gasteiger partial charge in [0.25, 0.3) is 0 Å². The van der Waals surface area contributed by atoms with Gasteiger partial charge in [0.1, 0.15) is 0 Å². The van der Waals surface area contributed by atoms with E-state index in [1.54, 1.807) is 0 Å². The first-order valence-corrected chi connectivity index (χ1v) is 6.61. The Hall–Kier alpha value is -0.120. The largest absolute Gasteiger partial charge is 0.396 e. The Morgan fingerprint density at radius 1 is 1.44 bits per heavy atom. The Balaban J connectivity index is 2.26. The van der Waals surface area contributed by atoms with Gasteiger partial charge in [0, 0.05) is 13.2 Å². The molecule has 1 rings (SSSR count). The van der Waals surface area contributed by atoms with E-state index in [1.165, 1.54) is 32.4 Å². The van der Waals surface area contributed by atoms with E-state index in [9.17, 15) is 0 Å². The van der Waals surface area contributed by atoms with E-state index in [4.69, 9.17) is 10.8 Å². The number of hydrogen-bond donors (Lipinski definition) is 2. The molecule has 3 nitrogen and oxygen atoms in total. The number of aliphatic hydroxyl groups excluding tert-OH is 1. The fourth-order valence-corrected chi connectivity index (χ4v) is 2.34. The molecular weight excluding hydrogens is 200 g/mol. The van der Waals surface area contributed by atoms with Crippen LogP contribution in [0.3, 0.4) is 0 Å². The highest BCUT2D eigenvalue weighted by atomic mass is 16.3. The summed E-state index contributed by atoms with van der Waals surface area (Å²) in [6.45, 7) is 9.13. The summed E-state index contributed by atoms with van der Waals surface area (Å²) in [6, 6.07) is 0. The van der Waals surface area contributed by atoms with Crippen molar-refractivity contribution in [3.05, 3.63) is 0 Å². The minimum atomic E-state index is 0.268. The van der Waals surface area contributed by atoms with E-state index in [1.807, 2.05) is 0 Å². The van der Waals surface area contributed by atoms with Gasteiger partial charge in [0.2, 0.25) is 0 Å². The van der Waals surface area contributed by atoms with Crippen molar-refractivity contribution >= 4 is 0 Å². The van der Waals surface area contributed by atoms with Crippen molar-refractivity contribution in [2.75, 3.05) is 32.8 Å². The van der Waals surface area contributed by atoms with Crippen LogP contribution in [0.2, 0.25) is 0 Å². The molecule has 1 unspecified atom stereocenters. The maximum Gasteiger partial charge on any atom is 0.0434 e. The minimum Gasteiger partial charge on any atom is -0.396 e. The fourth-order valence-electron chi connectivity index (χ4n) is 2.34. The van der Waals surface area contributed by atoms with E-state index in [0.717, 1.165) is 19.5 Å². The number of rotatable bonds is 6. The van der Waals surface area contributed by atoms with Gasteiger partial charge in [-0.25, -0.2) is 0 Å². The molecule has 1 atom stereocenters. The number of nitrogens with two attached hydrogens (primary N) is 1. The van der Waals surface area contributed by atoms with Crippen molar-refractivity contribution in [2.24, 2.45) is 17.1 Å². The lowest BCUT2D eigenvalue weighted by atomic mass is 9.88. The Morgan fingerprint density at radius 2 is 2.19 bits per heavy atom. The molecule has 0 spiro atoms. The highest BCUT2D eigenvalue weighted by molar-refractivity contribution is 4.76. The standard InChI is InChI=1S/C13H28N2O/c1-13(2,11-14)6-8-15-7-3-4-12(10-15)5-9-16/h12,16H,3-11,14H2,1-2H3. The van der Waals surface area contributed by atoms with Crippen molar-refractivity contribution in [1.29, 1.82) is 0 Å². The van der Waals surface area contributed by atoms with Crippen LogP contribution in [0.15, 0.2) is 0 Å². The van der Waals surface area contributed by atoms with E-state index in [2.05, 4.69) is 18.7 Å². The second-order valence-corrected chi connectivity index (χ2v) is 5.94. The monoisotopic (exact) mass is 228 g/mol. The third-order valence-electron chi connectivity index (χ3n) is 3.80. The van der Waals surface area contributed by atoms with Gasteiger partial charge in [-0.05, 0) is 56.7 Å². The lowest BCUT2D eigenvalue weighted by Gasteiger charge is -2.34. The van der Waals surface area contributed by atoms with Gasteiger partial charge >= 0.3 is 0 Å². The maximum absolute atomic E-state index is 8.97. The van der Waals surface area contributed by atoms with Crippen molar-refractivity contribution in [2.45, 2.75) is 39.5 Å². The van der Waals surface area contributed by atoms with Gasteiger partial charge < -0.3 is 15.7 Å². The number of aliphatic hydroxyl groups is 1. The average Bonchev–Trinajstić information content (AvgIpc) is 2.28. The Labute approximate surface area is 100 Å². The molecule has 1 heterocycles. The summed E-state index contributed by atoms with van der Waals surface area (Å²) in [5, 5.41) is 8.97. The summed E-state index contributed by atoms with van der Waals surface area (Å²) in [6.07, 6.45) is 4.72. The Morgan fingerprint density at radius 3 is 2.81 bits per heavy atom. The predicted octanol–water partition coefficient (Wildman–Crippen LogP) is 1.46. The number of hydrogen-bond acceptors (Lipinski definition) is 3. The fraction of sp³-hybridized carbons (Fsp3) is 1.00. The van der Waals surface area contributed by atoms with Crippen LogP contribution in [-0.2, 0) is 0 Å². The average molecular weight is 228 g/mol. The van der Waals surface area contributed by atoms with E-state index in [-0.39, 0.29) is 5.41 Å². The second-order valence-electron chi connectivity index (χ2n) is 5.94. The van der Waals surface area contributed by atoms with Crippen LogP contribution < -0.4 is 5.73 Å². The second kappa shape index (κ2) is 6.58. The highest BCUT2D eigenvalue weighted by Crippen LogP contribution is 2.23. The molecule has 16 heavy (non-hydrogen) atoms. The van der Waals surface area contributed by atoms with Gasteiger partial charge in [-0.2, -0.15) is 0 Å². The van der Waals surface area contributed by atoms with Crippen LogP contribution >= 0.6 is 0 Å². The van der Waals surface area contributed by atoms with Gasteiger partial charge in [-0.15, -0.1) is 0 Å². The maximum atomic E-state index is 8.97. The van der Waals surface area contributed by atoms with Crippen LogP contribution in [0.1, 0.15) is 39.5 Å². The lowest BCUT2D eigenvalue weighted by Crippen LogP contribution is -2.38. The van der Waals surface area contributed by atoms with Crippen LogP contribution in [-0.4, -0.2) is 42.8 Å². The summed E-state index contributed by atoms with van der Waals surface area (Å²) in [4.78, 5) is 2.54. The van der Waals surface area contributed by atoms with E-state index >= 15 is 0 Å². The van der Waals surface area contributed by atoms with Crippen LogP contribution in [0.4, 0.5) is 0 Å². The first-order valence-electron chi connectivity index (χ1n) is 6.61. The molecule has 3 N–H and O–H groups in total. The minimum absolute atomic E-state index is 0.268. The summed E-state index contributed by atoms with van der Waals surface area (Å²) in [5.41, 5.74) is 6.01. The Bertz CT molecular complexity index is 192. The van der Waals surface area contributed by atoms with Crippen LogP contribution in [0, 0.1) is 11.3 Å². The molecule has 0 saturated carbocycles. The SMILES string of the molecule is CC(C)(CN)CCN1CCCC(CCO)C1. The summed E-state index contributed by atoms with van der Waals surface area (Å²) in [5.74, 6) is 0.708. The first-order chi connectivity index (χ1) is 7.57. The van der Waals surface area contributed by atoms with Gasteiger partial charge in [-0.3, -0.25) is 0 Å². The third-order valence-corrected chi connectivity index (χ3v) is 3.80. The van der Waals surface area contributed by atoms with Gasteiger partial charge in [0.15, 0.2) is 0 Å². The van der Waals surface area contributed by atoms with E-state index < -0.39 is 0 Å². The van der Waals surface area contributed by atoms with Crippen molar-refractivity contribution in [1.82, 2.24) is 4.90 Å². The summed E-state index contributed by atoms with van der Waals surface area (Å²) in [7, 11) is 0. The number of nitrogens with zero attached hydrogens (tertiary/aromatic N) is 1. The van der Waals surface area contributed by atoms with Crippen molar-refractivity contribution in [3.63, 3.8) is 0 Å². The van der Waals surface area contributed by atoms with E-state index in [0.29, 0.717) is 12.5 Å². The third kappa shape index (κ3) is 4.81. The van der Waals surface area contributed by atoms with Crippen LogP contribution in [0.25, 0.3) is 0 Å². The first kappa shape index (κ1) is 13.9. The number of likely N-dealkylation sites (tertiary alicyclic amines) is 1. The number of piperidine rings is 1. The van der Waals surface area contributed by atoms with Gasteiger partial charge in [-0.1, -0.05) is 13.8 Å².